The summed E-state index contributed by atoms with van der Waals surface area (Å²) >= 11 is 0. The third-order valence-electron chi connectivity index (χ3n) is 8.57. The Hall–Kier alpha value is -0.830. The van der Waals surface area contributed by atoms with Gasteiger partial charge in [0.15, 0.2) is 0 Å². The number of rotatable bonds is 0. The van der Waals surface area contributed by atoms with E-state index in [-0.39, 0.29) is 11.5 Å². The normalized spacial score (nSPS) is 54.5. The first-order valence-electron chi connectivity index (χ1n) is 9.50. The first-order valence-corrected chi connectivity index (χ1v) is 9.50. The summed E-state index contributed by atoms with van der Waals surface area (Å²) in [5, 5.41) is 10.8. The maximum Gasteiger partial charge on any atom is 0.133 e. The number of aliphatic hydroxyl groups excluding tert-OH is 1. The number of fused-ring (bicyclic) bond motifs is 5. The molecule has 3 N–H and O–H groups in total. The average molecular weight is 317 g/mol. The van der Waals surface area contributed by atoms with Gasteiger partial charge >= 0.3 is 0 Å². The third kappa shape index (κ3) is 2.01. The summed E-state index contributed by atoms with van der Waals surface area (Å²) in [5.74, 6) is 3.09. The van der Waals surface area contributed by atoms with Crippen LogP contribution in [0.4, 0.5) is 0 Å². The molecule has 0 spiro atoms. The summed E-state index contributed by atoms with van der Waals surface area (Å²) in [4.78, 5) is 11.9. The van der Waals surface area contributed by atoms with Crippen molar-refractivity contribution in [3.05, 3.63) is 11.8 Å². The summed E-state index contributed by atoms with van der Waals surface area (Å²) < 4.78 is 0. The largest absolute Gasteiger partial charge is 0.405 e. The van der Waals surface area contributed by atoms with Crippen LogP contribution in [0.2, 0.25) is 0 Å². The Kier molecular flexibility index (Phi) is 3.46. The van der Waals surface area contributed by atoms with Gasteiger partial charge in [-0.3, -0.25) is 4.79 Å². The Morgan fingerprint density at radius 3 is 2.61 bits per heavy atom. The fourth-order valence-electron chi connectivity index (χ4n) is 7.07. The lowest BCUT2D eigenvalue weighted by Crippen LogP contribution is -2.54. The van der Waals surface area contributed by atoms with Crippen molar-refractivity contribution >= 4 is 5.78 Å². The van der Waals surface area contributed by atoms with Crippen LogP contribution < -0.4 is 5.73 Å². The van der Waals surface area contributed by atoms with Crippen LogP contribution >= 0.6 is 0 Å². The molecular weight excluding hydrogens is 286 g/mol. The van der Waals surface area contributed by atoms with Gasteiger partial charge in [-0.15, -0.1) is 0 Å². The number of hydrogen-bond acceptors (Lipinski definition) is 3. The molecule has 7 atom stereocenters. The van der Waals surface area contributed by atoms with E-state index < -0.39 is 0 Å². The monoisotopic (exact) mass is 317 g/mol. The standard InChI is InChI=1S/C20H31NO2/c1-19-7-5-14(22)10-13(19)3-4-15-16(19)6-8-20(2)17(15)9-12(11-21)18(20)23/h11,13,15-18,23H,3-10,21H2,1-2H3/b12-11+. The zero-order valence-corrected chi connectivity index (χ0v) is 14.6. The summed E-state index contributed by atoms with van der Waals surface area (Å²) in [5.41, 5.74) is 7.21. The van der Waals surface area contributed by atoms with E-state index in [4.69, 9.17) is 5.73 Å². The van der Waals surface area contributed by atoms with Gasteiger partial charge in [-0.25, -0.2) is 0 Å². The minimum absolute atomic E-state index is 0.0139. The highest BCUT2D eigenvalue weighted by molar-refractivity contribution is 5.79. The topological polar surface area (TPSA) is 63.3 Å². The van der Waals surface area contributed by atoms with E-state index in [9.17, 15) is 9.90 Å². The lowest BCUT2D eigenvalue weighted by molar-refractivity contribution is -0.141. The highest BCUT2D eigenvalue weighted by Gasteiger charge is 2.61. The molecule has 4 saturated carbocycles. The van der Waals surface area contributed by atoms with Gasteiger partial charge in [0.25, 0.3) is 0 Å². The smallest absolute Gasteiger partial charge is 0.133 e. The van der Waals surface area contributed by atoms with Crippen LogP contribution in [0.1, 0.15) is 65.2 Å². The second-order valence-electron chi connectivity index (χ2n) is 9.29. The molecule has 4 rings (SSSR count). The second kappa shape index (κ2) is 5.08. The first-order chi connectivity index (χ1) is 10.9. The van der Waals surface area contributed by atoms with E-state index in [0.29, 0.717) is 29.0 Å². The van der Waals surface area contributed by atoms with Crippen LogP contribution in [0.5, 0.6) is 0 Å². The molecule has 4 fully saturated rings. The predicted octanol–water partition coefficient (Wildman–Crippen LogP) is 3.41. The average Bonchev–Trinajstić information content (AvgIpc) is 2.79. The van der Waals surface area contributed by atoms with E-state index >= 15 is 0 Å². The van der Waals surface area contributed by atoms with Gasteiger partial charge < -0.3 is 10.8 Å². The van der Waals surface area contributed by atoms with Crippen molar-refractivity contribution in [1.82, 2.24) is 0 Å². The third-order valence-corrected chi connectivity index (χ3v) is 8.57. The highest BCUT2D eigenvalue weighted by Crippen LogP contribution is 2.66. The molecule has 7 unspecified atom stereocenters. The Bertz CT molecular complexity index is 556. The van der Waals surface area contributed by atoms with Gasteiger partial charge in [0.2, 0.25) is 0 Å². The van der Waals surface area contributed by atoms with Crippen LogP contribution in [0.3, 0.4) is 0 Å². The molecule has 0 aromatic rings. The van der Waals surface area contributed by atoms with Crippen LogP contribution in [0, 0.1) is 34.5 Å². The number of Topliss-reactive ketones (excluding diaryl/α,β-unsaturated/α-hetero) is 1. The van der Waals surface area contributed by atoms with Gasteiger partial charge in [-0.05, 0) is 79.4 Å². The number of ketones is 1. The fourth-order valence-corrected chi connectivity index (χ4v) is 7.07. The minimum atomic E-state index is -0.350. The van der Waals surface area contributed by atoms with Gasteiger partial charge in [-0.1, -0.05) is 13.8 Å². The van der Waals surface area contributed by atoms with E-state index in [1.807, 2.05) is 0 Å². The summed E-state index contributed by atoms with van der Waals surface area (Å²) in [6.07, 6.45) is 9.75. The molecule has 4 aliphatic carbocycles. The molecule has 0 aliphatic heterocycles. The van der Waals surface area contributed by atoms with Crippen molar-refractivity contribution in [2.45, 2.75) is 71.3 Å². The first kappa shape index (κ1) is 15.7. The number of carbonyl (C=O) groups excluding carboxylic acids is 1. The highest BCUT2D eigenvalue weighted by atomic mass is 16.3. The SMILES string of the molecule is CC12CCC(=O)CC1CCC1C2CCC2(C)C(O)/C(=C/N)CC12. The van der Waals surface area contributed by atoms with Crippen LogP contribution in [0.25, 0.3) is 0 Å². The van der Waals surface area contributed by atoms with E-state index in [1.165, 1.54) is 19.3 Å². The molecule has 4 aliphatic rings. The molecule has 0 bridgehead atoms. The van der Waals surface area contributed by atoms with Crippen molar-refractivity contribution in [2.24, 2.45) is 40.2 Å². The molecule has 0 aromatic carbocycles. The van der Waals surface area contributed by atoms with Gasteiger partial charge in [-0.2, -0.15) is 0 Å². The van der Waals surface area contributed by atoms with Crippen molar-refractivity contribution in [3.8, 4) is 0 Å². The van der Waals surface area contributed by atoms with E-state index in [1.54, 1.807) is 6.20 Å². The predicted molar refractivity (Wildman–Crippen MR) is 90.4 cm³/mol. The molecule has 0 saturated heterocycles. The Morgan fingerprint density at radius 1 is 1.09 bits per heavy atom. The van der Waals surface area contributed by atoms with Crippen molar-refractivity contribution in [2.75, 3.05) is 0 Å². The van der Waals surface area contributed by atoms with Crippen LogP contribution in [-0.2, 0) is 4.79 Å². The molecule has 0 heterocycles. The maximum absolute atomic E-state index is 11.9. The molecule has 23 heavy (non-hydrogen) atoms. The van der Waals surface area contributed by atoms with Gasteiger partial charge in [0.1, 0.15) is 5.78 Å². The summed E-state index contributed by atoms with van der Waals surface area (Å²) in [7, 11) is 0. The Labute approximate surface area is 139 Å². The quantitative estimate of drug-likeness (QED) is 0.719. The Morgan fingerprint density at radius 2 is 1.87 bits per heavy atom. The second-order valence-corrected chi connectivity index (χ2v) is 9.29. The molecule has 0 aromatic heterocycles. The van der Waals surface area contributed by atoms with Crippen LogP contribution in [-0.4, -0.2) is 17.0 Å². The number of aliphatic hydroxyl groups is 1. The van der Waals surface area contributed by atoms with Crippen molar-refractivity contribution in [1.29, 1.82) is 0 Å². The Balaban J connectivity index is 1.66. The summed E-state index contributed by atoms with van der Waals surface area (Å²) in [6, 6.07) is 0. The fraction of sp³-hybridized carbons (Fsp3) is 0.850. The maximum atomic E-state index is 11.9. The van der Waals surface area contributed by atoms with Gasteiger partial charge in [0.05, 0.1) is 6.10 Å². The zero-order chi connectivity index (χ0) is 16.4. The minimum Gasteiger partial charge on any atom is -0.405 e. The van der Waals surface area contributed by atoms with Gasteiger partial charge in [0, 0.05) is 18.3 Å². The zero-order valence-electron chi connectivity index (χ0n) is 14.6. The lowest BCUT2D eigenvalue weighted by atomic mass is 9.45. The van der Waals surface area contributed by atoms with Crippen molar-refractivity contribution < 1.29 is 9.90 Å². The van der Waals surface area contributed by atoms with Crippen LogP contribution in [0.15, 0.2) is 11.8 Å². The number of carbonyl (C=O) groups is 1. The molecule has 3 nitrogen and oxygen atoms in total. The lowest BCUT2D eigenvalue weighted by Gasteiger charge is -2.59. The number of nitrogens with two attached hydrogens (primary N) is 1. The van der Waals surface area contributed by atoms with E-state index in [0.717, 1.165) is 43.6 Å². The molecule has 128 valence electrons. The summed E-state index contributed by atoms with van der Waals surface area (Å²) in [6.45, 7) is 4.75. The van der Waals surface area contributed by atoms with Crippen molar-refractivity contribution in [3.63, 3.8) is 0 Å². The molecule has 3 heteroatoms. The molecular formula is C20H31NO2. The molecule has 0 radical (unpaired) electrons. The molecule has 0 amide bonds. The number of hydrogen-bond donors (Lipinski definition) is 2. The van der Waals surface area contributed by atoms with E-state index in [2.05, 4.69) is 13.8 Å².